The van der Waals surface area contributed by atoms with Crippen LogP contribution in [0.25, 0.3) is 0 Å². The lowest BCUT2D eigenvalue weighted by atomic mass is 9.70. The van der Waals surface area contributed by atoms with Crippen molar-refractivity contribution in [3.05, 3.63) is 68.1 Å². The molecule has 0 aliphatic carbocycles. The van der Waals surface area contributed by atoms with Gasteiger partial charge in [0.25, 0.3) is 0 Å². The van der Waals surface area contributed by atoms with Crippen molar-refractivity contribution in [2.24, 2.45) is 0 Å². The minimum absolute atomic E-state index is 0.0315. The smallest absolute Gasteiger partial charge is 0.223 e. The Morgan fingerprint density at radius 1 is 1.17 bits per heavy atom. The predicted molar refractivity (Wildman–Crippen MR) is 123 cm³/mol. The van der Waals surface area contributed by atoms with Crippen molar-refractivity contribution in [2.75, 3.05) is 20.1 Å². The molecule has 1 heterocycles. The highest BCUT2D eigenvalue weighted by atomic mass is 79.9. The van der Waals surface area contributed by atoms with Gasteiger partial charge in [0.15, 0.2) is 0 Å². The minimum Gasteiger partial charge on any atom is -0.339 e. The number of hydrogen-bond donors (Lipinski definition) is 1. The summed E-state index contributed by atoms with van der Waals surface area (Å²) in [5.41, 5.74) is 2.69. The maximum Gasteiger partial charge on any atom is 0.223 e. The zero-order valence-corrected chi connectivity index (χ0v) is 19.9. The summed E-state index contributed by atoms with van der Waals surface area (Å²) in [5, 5.41) is 12.5. The molecule has 0 bridgehead atoms. The molecule has 1 fully saturated rings. The van der Waals surface area contributed by atoms with E-state index in [1.165, 1.54) is 0 Å². The Balaban J connectivity index is 1.83. The van der Waals surface area contributed by atoms with E-state index in [-0.39, 0.29) is 17.4 Å². The van der Waals surface area contributed by atoms with Crippen molar-refractivity contribution in [3.8, 4) is 6.07 Å². The van der Waals surface area contributed by atoms with Crippen molar-refractivity contribution < 1.29 is 4.79 Å². The lowest BCUT2D eigenvalue weighted by Gasteiger charge is -2.39. The first-order valence-electron chi connectivity index (χ1n) is 9.78. The number of carbonyl (C=O) groups is 1. The summed E-state index contributed by atoms with van der Waals surface area (Å²) in [6.45, 7) is 3.85. The normalized spacial score (nSPS) is 16.7. The van der Waals surface area contributed by atoms with Crippen molar-refractivity contribution in [1.29, 1.82) is 5.26 Å². The maximum absolute atomic E-state index is 13.3. The van der Waals surface area contributed by atoms with Crippen molar-refractivity contribution in [2.45, 2.75) is 37.6 Å². The fourth-order valence-corrected chi connectivity index (χ4v) is 5.37. The Hall–Kier alpha value is -1.68. The Bertz CT molecular complexity index is 894. The number of nitrogens with zero attached hydrogens (tertiary/aromatic N) is 2. The van der Waals surface area contributed by atoms with Crippen LogP contribution < -0.4 is 5.32 Å². The number of benzene rings is 2. The van der Waals surface area contributed by atoms with Gasteiger partial charge in [-0.15, -0.1) is 0 Å². The van der Waals surface area contributed by atoms with Crippen LogP contribution in [-0.2, 0) is 10.2 Å². The molecule has 0 aromatic heterocycles. The number of halogens is 2. The van der Waals surface area contributed by atoms with Crippen LogP contribution in [0.15, 0.2) is 51.4 Å². The molecule has 1 N–H and O–H groups in total. The van der Waals surface area contributed by atoms with Gasteiger partial charge in [-0.1, -0.05) is 44.0 Å². The van der Waals surface area contributed by atoms with E-state index in [1.807, 2.05) is 42.3 Å². The second kappa shape index (κ2) is 9.42. The van der Waals surface area contributed by atoms with Gasteiger partial charge in [0.1, 0.15) is 0 Å². The molecule has 0 spiro atoms. The molecule has 1 atom stereocenters. The van der Waals surface area contributed by atoms with Crippen molar-refractivity contribution in [1.82, 2.24) is 10.2 Å². The summed E-state index contributed by atoms with van der Waals surface area (Å²) in [7, 11) is 1.88. The van der Waals surface area contributed by atoms with E-state index < -0.39 is 0 Å². The summed E-state index contributed by atoms with van der Waals surface area (Å²) in [6.07, 6.45) is 2.29. The first-order chi connectivity index (χ1) is 13.8. The van der Waals surface area contributed by atoms with Gasteiger partial charge in [0, 0.05) is 27.8 Å². The molecule has 2 aromatic carbocycles. The van der Waals surface area contributed by atoms with Crippen LogP contribution in [-0.4, -0.2) is 30.9 Å². The number of nitrogens with one attached hydrogen (secondary N) is 1. The van der Waals surface area contributed by atoms with Gasteiger partial charge in [-0.3, -0.25) is 4.79 Å². The van der Waals surface area contributed by atoms with Gasteiger partial charge >= 0.3 is 0 Å². The topological polar surface area (TPSA) is 56.1 Å². The molecule has 0 radical (unpaired) electrons. The summed E-state index contributed by atoms with van der Waals surface area (Å²) in [6, 6.07) is 16.0. The van der Waals surface area contributed by atoms with Gasteiger partial charge in [-0.05, 0) is 74.3 Å². The lowest BCUT2D eigenvalue weighted by molar-refractivity contribution is -0.133. The van der Waals surface area contributed by atoms with E-state index in [2.05, 4.69) is 62.3 Å². The molecular weight excluding hydrogens is 494 g/mol. The van der Waals surface area contributed by atoms with E-state index in [0.717, 1.165) is 46.0 Å². The fourth-order valence-electron chi connectivity index (χ4n) is 4.04. The number of rotatable bonds is 5. The highest BCUT2D eigenvalue weighted by Crippen LogP contribution is 2.38. The average Bonchev–Trinajstić information content (AvgIpc) is 2.72. The highest BCUT2D eigenvalue weighted by Gasteiger charge is 2.37. The molecule has 1 aliphatic rings. The summed E-state index contributed by atoms with van der Waals surface area (Å²) in [5.74, 6) is 0.139. The summed E-state index contributed by atoms with van der Waals surface area (Å²) in [4.78, 5) is 15.2. The van der Waals surface area contributed by atoms with Gasteiger partial charge < -0.3 is 10.2 Å². The molecule has 1 amide bonds. The van der Waals surface area contributed by atoms with Crippen LogP contribution >= 0.6 is 31.9 Å². The SMILES string of the molecule is CC(c1cc(Br)cc(Br)c1)N(C)C(=O)CC1(c2ccc(C#N)cc2)CCNCC1. The van der Waals surface area contributed by atoms with Crippen LogP contribution in [0.4, 0.5) is 0 Å². The molecule has 4 nitrogen and oxygen atoms in total. The summed E-state index contributed by atoms with van der Waals surface area (Å²) < 4.78 is 1.98. The van der Waals surface area contributed by atoms with Gasteiger partial charge in [0.2, 0.25) is 5.91 Å². The standard InChI is InChI=1S/C23H25Br2N3O/c1-16(18-11-20(24)13-21(25)12-18)28(2)22(29)14-23(7-9-27-10-8-23)19-5-3-17(15-26)4-6-19/h3-6,11-13,16,27H,7-10,14H2,1-2H3. The van der Waals surface area contributed by atoms with E-state index in [1.54, 1.807) is 0 Å². The molecule has 3 rings (SSSR count). The third-order valence-electron chi connectivity index (χ3n) is 6.02. The number of amides is 1. The Morgan fingerprint density at radius 3 is 2.31 bits per heavy atom. The van der Waals surface area contributed by atoms with Crippen LogP contribution in [0.1, 0.15) is 48.9 Å². The van der Waals surface area contributed by atoms with Gasteiger partial charge in [0.05, 0.1) is 17.7 Å². The van der Waals surface area contributed by atoms with Gasteiger partial charge in [-0.2, -0.15) is 5.26 Å². The summed E-state index contributed by atoms with van der Waals surface area (Å²) >= 11 is 7.07. The van der Waals surface area contributed by atoms with Crippen molar-refractivity contribution in [3.63, 3.8) is 0 Å². The monoisotopic (exact) mass is 517 g/mol. The van der Waals surface area contributed by atoms with Crippen LogP contribution in [0.3, 0.4) is 0 Å². The van der Waals surface area contributed by atoms with Crippen LogP contribution in [0.5, 0.6) is 0 Å². The quantitative estimate of drug-likeness (QED) is 0.583. The van der Waals surface area contributed by atoms with Crippen LogP contribution in [0, 0.1) is 11.3 Å². The maximum atomic E-state index is 13.3. The van der Waals surface area contributed by atoms with E-state index in [4.69, 9.17) is 5.26 Å². The Labute approximate surface area is 189 Å². The molecule has 152 valence electrons. The zero-order valence-electron chi connectivity index (χ0n) is 16.7. The van der Waals surface area contributed by atoms with Gasteiger partial charge in [-0.25, -0.2) is 0 Å². The zero-order chi connectivity index (χ0) is 21.0. The fraction of sp³-hybridized carbons (Fsp3) is 0.391. The van der Waals surface area contributed by atoms with E-state index >= 15 is 0 Å². The number of piperidine rings is 1. The number of nitriles is 1. The second-order valence-corrected chi connectivity index (χ2v) is 9.61. The minimum atomic E-state index is -0.192. The molecule has 1 saturated heterocycles. The molecule has 1 aliphatic heterocycles. The lowest BCUT2D eigenvalue weighted by Crippen LogP contribution is -2.44. The van der Waals surface area contributed by atoms with Crippen molar-refractivity contribution >= 4 is 37.8 Å². The molecule has 1 unspecified atom stereocenters. The Morgan fingerprint density at radius 2 is 1.76 bits per heavy atom. The largest absolute Gasteiger partial charge is 0.339 e. The predicted octanol–water partition coefficient (Wildman–Crippen LogP) is 5.31. The number of hydrogen-bond acceptors (Lipinski definition) is 3. The van der Waals surface area contributed by atoms with E-state index in [0.29, 0.717) is 12.0 Å². The van der Waals surface area contributed by atoms with E-state index in [9.17, 15) is 4.79 Å². The highest BCUT2D eigenvalue weighted by molar-refractivity contribution is 9.11. The van der Waals surface area contributed by atoms with Crippen LogP contribution in [0.2, 0.25) is 0 Å². The molecule has 2 aromatic rings. The second-order valence-electron chi connectivity index (χ2n) is 7.78. The third-order valence-corrected chi connectivity index (χ3v) is 6.93. The Kier molecular flexibility index (Phi) is 7.15. The third kappa shape index (κ3) is 5.09. The first kappa shape index (κ1) is 22.0. The average molecular weight is 519 g/mol. The first-order valence-corrected chi connectivity index (χ1v) is 11.4. The molecule has 6 heteroatoms. The number of carbonyl (C=O) groups excluding carboxylic acids is 1. The molecule has 29 heavy (non-hydrogen) atoms. The molecular formula is C23H25Br2N3O. The molecule has 0 saturated carbocycles.